The van der Waals surface area contributed by atoms with Gasteiger partial charge < -0.3 is 5.11 Å². The van der Waals surface area contributed by atoms with Crippen LogP contribution < -0.4 is 0 Å². The fourth-order valence-corrected chi connectivity index (χ4v) is 2.92. The Bertz CT molecular complexity index is 808. The molecule has 0 amide bonds. The van der Waals surface area contributed by atoms with E-state index in [1.165, 1.54) is 11.8 Å². The number of carboxylic acids is 1. The van der Waals surface area contributed by atoms with Gasteiger partial charge in [0.05, 0.1) is 22.7 Å². The molecule has 3 aromatic rings. The van der Waals surface area contributed by atoms with Gasteiger partial charge in [-0.25, -0.2) is 4.98 Å². The summed E-state index contributed by atoms with van der Waals surface area (Å²) in [6, 6.07) is 9.76. The van der Waals surface area contributed by atoms with Crippen LogP contribution >= 0.6 is 11.8 Å². The minimum atomic E-state index is -0.855. The first-order valence-electron chi connectivity index (χ1n) is 6.40. The number of hydrogen-bond acceptors (Lipinski definition) is 4. The van der Waals surface area contributed by atoms with Crippen molar-refractivity contribution in [2.45, 2.75) is 12.1 Å². The number of aromatic nitrogens is 3. The SMILES string of the molecule is Cc1cn(-c2cccc3ncccc23)c(SCC(=O)O)n1. The molecule has 1 aromatic carbocycles. The van der Waals surface area contributed by atoms with Crippen molar-refractivity contribution in [1.82, 2.24) is 14.5 Å². The monoisotopic (exact) mass is 299 g/mol. The van der Waals surface area contributed by atoms with E-state index in [-0.39, 0.29) is 5.75 Å². The quantitative estimate of drug-likeness (QED) is 0.750. The van der Waals surface area contributed by atoms with Gasteiger partial charge in [-0.2, -0.15) is 0 Å². The van der Waals surface area contributed by atoms with E-state index in [1.807, 2.05) is 48.0 Å². The number of benzene rings is 1. The van der Waals surface area contributed by atoms with Crippen LogP contribution in [0, 0.1) is 6.92 Å². The summed E-state index contributed by atoms with van der Waals surface area (Å²) in [5, 5.41) is 10.5. The number of fused-ring (bicyclic) bond motifs is 1. The first kappa shape index (κ1) is 13.6. The first-order valence-corrected chi connectivity index (χ1v) is 7.38. The van der Waals surface area contributed by atoms with Crippen LogP contribution in [0.5, 0.6) is 0 Å². The van der Waals surface area contributed by atoms with E-state index < -0.39 is 5.97 Å². The Hall–Kier alpha value is -2.34. The van der Waals surface area contributed by atoms with Crippen molar-refractivity contribution >= 4 is 28.6 Å². The number of pyridine rings is 1. The van der Waals surface area contributed by atoms with E-state index in [4.69, 9.17) is 5.11 Å². The third kappa shape index (κ3) is 2.75. The zero-order valence-electron chi connectivity index (χ0n) is 11.4. The van der Waals surface area contributed by atoms with Crippen LogP contribution in [-0.4, -0.2) is 31.4 Å². The number of imidazole rings is 1. The van der Waals surface area contributed by atoms with E-state index in [0.717, 1.165) is 22.3 Å². The lowest BCUT2D eigenvalue weighted by Crippen LogP contribution is -2.01. The zero-order chi connectivity index (χ0) is 14.8. The number of carbonyl (C=O) groups is 1. The maximum Gasteiger partial charge on any atom is 0.313 e. The number of aryl methyl sites for hydroxylation is 1. The highest BCUT2D eigenvalue weighted by molar-refractivity contribution is 7.99. The Morgan fingerprint density at radius 2 is 2.19 bits per heavy atom. The molecule has 0 fully saturated rings. The highest BCUT2D eigenvalue weighted by Crippen LogP contribution is 2.26. The molecule has 0 radical (unpaired) electrons. The van der Waals surface area contributed by atoms with Gasteiger partial charge in [0.1, 0.15) is 0 Å². The largest absolute Gasteiger partial charge is 0.481 e. The van der Waals surface area contributed by atoms with Gasteiger partial charge in [0, 0.05) is 17.8 Å². The van der Waals surface area contributed by atoms with E-state index in [1.54, 1.807) is 6.20 Å². The van der Waals surface area contributed by atoms with Gasteiger partial charge in [0.2, 0.25) is 0 Å². The minimum Gasteiger partial charge on any atom is -0.481 e. The first-order chi connectivity index (χ1) is 10.1. The number of thioether (sulfide) groups is 1. The molecule has 0 saturated carbocycles. The predicted molar refractivity (Wildman–Crippen MR) is 82.0 cm³/mol. The van der Waals surface area contributed by atoms with Gasteiger partial charge in [0.15, 0.2) is 5.16 Å². The molecule has 0 unspecified atom stereocenters. The zero-order valence-corrected chi connectivity index (χ0v) is 12.2. The smallest absolute Gasteiger partial charge is 0.313 e. The fourth-order valence-electron chi connectivity index (χ4n) is 2.17. The van der Waals surface area contributed by atoms with E-state index in [0.29, 0.717) is 5.16 Å². The normalized spacial score (nSPS) is 10.9. The van der Waals surface area contributed by atoms with Crippen LogP contribution in [0.4, 0.5) is 0 Å². The average molecular weight is 299 g/mol. The lowest BCUT2D eigenvalue weighted by atomic mass is 10.2. The fraction of sp³-hybridized carbons (Fsp3) is 0.133. The highest BCUT2D eigenvalue weighted by atomic mass is 32.2. The van der Waals surface area contributed by atoms with Gasteiger partial charge >= 0.3 is 5.97 Å². The van der Waals surface area contributed by atoms with Crippen molar-refractivity contribution < 1.29 is 9.90 Å². The van der Waals surface area contributed by atoms with Crippen molar-refractivity contribution in [2.75, 3.05) is 5.75 Å². The third-order valence-electron chi connectivity index (χ3n) is 3.00. The average Bonchev–Trinajstić information content (AvgIpc) is 2.85. The molecule has 0 aliphatic heterocycles. The lowest BCUT2D eigenvalue weighted by molar-refractivity contribution is -0.133. The van der Waals surface area contributed by atoms with E-state index >= 15 is 0 Å². The van der Waals surface area contributed by atoms with Crippen LogP contribution in [0.3, 0.4) is 0 Å². The van der Waals surface area contributed by atoms with Crippen LogP contribution in [-0.2, 0) is 4.79 Å². The van der Waals surface area contributed by atoms with Crippen LogP contribution in [0.1, 0.15) is 5.69 Å². The summed E-state index contributed by atoms with van der Waals surface area (Å²) in [6.07, 6.45) is 3.66. The molecule has 0 saturated heterocycles. The number of hydrogen-bond donors (Lipinski definition) is 1. The molecule has 106 valence electrons. The van der Waals surface area contributed by atoms with Crippen molar-refractivity contribution in [3.05, 3.63) is 48.4 Å². The van der Waals surface area contributed by atoms with Crippen LogP contribution in [0.25, 0.3) is 16.6 Å². The number of carboxylic acid groups (broad SMARTS) is 1. The van der Waals surface area contributed by atoms with Crippen molar-refractivity contribution in [2.24, 2.45) is 0 Å². The number of rotatable bonds is 4. The number of aliphatic carboxylic acids is 1. The minimum absolute atomic E-state index is 0.0144. The van der Waals surface area contributed by atoms with Gasteiger partial charge in [-0.15, -0.1) is 0 Å². The highest BCUT2D eigenvalue weighted by Gasteiger charge is 2.12. The second kappa shape index (κ2) is 5.57. The third-order valence-corrected chi connectivity index (χ3v) is 3.94. The van der Waals surface area contributed by atoms with Gasteiger partial charge in [-0.1, -0.05) is 17.8 Å². The topological polar surface area (TPSA) is 68.0 Å². The summed E-state index contributed by atoms with van der Waals surface area (Å²) < 4.78 is 1.92. The Balaban J connectivity index is 2.12. The molecule has 0 aliphatic rings. The van der Waals surface area contributed by atoms with Gasteiger partial charge in [0.25, 0.3) is 0 Å². The molecule has 21 heavy (non-hydrogen) atoms. The summed E-state index contributed by atoms with van der Waals surface area (Å²) in [4.78, 5) is 19.5. The molecule has 2 aromatic heterocycles. The van der Waals surface area contributed by atoms with Gasteiger partial charge in [-0.05, 0) is 31.2 Å². The Morgan fingerprint density at radius 1 is 1.33 bits per heavy atom. The molecule has 1 N–H and O–H groups in total. The maximum absolute atomic E-state index is 10.8. The van der Waals surface area contributed by atoms with Crippen LogP contribution in [0.2, 0.25) is 0 Å². The molecule has 0 bridgehead atoms. The maximum atomic E-state index is 10.8. The molecule has 0 spiro atoms. The molecule has 6 heteroatoms. The van der Waals surface area contributed by atoms with Crippen molar-refractivity contribution in [3.8, 4) is 5.69 Å². The Kier molecular flexibility index (Phi) is 3.62. The molecule has 0 aliphatic carbocycles. The second-order valence-corrected chi connectivity index (χ2v) is 5.51. The number of nitrogens with zero attached hydrogens (tertiary/aromatic N) is 3. The second-order valence-electron chi connectivity index (χ2n) is 4.56. The summed E-state index contributed by atoms with van der Waals surface area (Å²) in [5.74, 6) is -0.869. The molecule has 2 heterocycles. The molecular formula is C15H13N3O2S. The Morgan fingerprint density at radius 3 is 3.00 bits per heavy atom. The van der Waals surface area contributed by atoms with E-state index in [9.17, 15) is 4.79 Å². The van der Waals surface area contributed by atoms with E-state index in [2.05, 4.69) is 9.97 Å². The summed E-state index contributed by atoms with van der Waals surface area (Å²) in [7, 11) is 0. The Labute approximate surface area is 125 Å². The molecule has 0 atom stereocenters. The molecule has 5 nitrogen and oxygen atoms in total. The summed E-state index contributed by atoms with van der Waals surface area (Å²) in [6.45, 7) is 1.89. The lowest BCUT2D eigenvalue weighted by Gasteiger charge is -2.09. The van der Waals surface area contributed by atoms with Crippen molar-refractivity contribution in [3.63, 3.8) is 0 Å². The predicted octanol–water partition coefficient (Wildman–Crippen LogP) is 2.91. The summed E-state index contributed by atoms with van der Waals surface area (Å²) in [5.41, 5.74) is 2.70. The van der Waals surface area contributed by atoms with Crippen molar-refractivity contribution in [1.29, 1.82) is 0 Å². The molecule has 3 rings (SSSR count). The standard InChI is InChI=1S/C15H13N3O2S/c1-10-8-18(15(17-10)21-9-14(19)20)13-6-2-5-12-11(13)4-3-7-16-12/h2-8H,9H2,1H3,(H,19,20). The summed E-state index contributed by atoms with van der Waals surface area (Å²) >= 11 is 1.21. The van der Waals surface area contributed by atoms with Crippen LogP contribution in [0.15, 0.2) is 47.9 Å². The van der Waals surface area contributed by atoms with Gasteiger partial charge in [-0.3, -0.25) is 14.3 Å². The molecular weight excluding hydrogens is 286 g/mol.